The van der Waals surface area contributed by atoms with E-state index in [1.807, 2.05) is 36.0 Å². The second-order valence-electron chi connectivity index (χ2n) is 6.92. The Morgan fingerprint density at radius 2 is 1.89 bits per heavy atom. The monoisotopic (exact) mass is 395 g/mol. The fourth-order valence-corrected chi connectivity index (χ4v) is 4.62. The van der Waals surface area contributed by atoms with Gasteiger partial charge in [-0.05, 0) is 22.4 Å². The Hall–Kier alpha value is -2.44. The number of nitrogens with zero attached hydrogens (tertiary/aromatic N) is 1. The van der Waals surface area contributed by atoms with Crippen LogP contribution in [0, 0.1) is 0 Å². The SMILES string of the molecule is O=C(NCc1cccc2ccccc12)NC[C@H](c1ccoc1)N1CCSCC1. The first kappa shape index (κ1) is 18.9. The van der Waals surface area contributed by atoms with Gasteiger partial charge in [-0.2, -0.15) is 11.8 Å². The standard InChI is InChI=1S/C22H25N3O2S/c26-22(23-14-18-6-3-5-17-4-1-2-7-20(17)18)24-15-21(19-8-11-27-16-19)25-9-12-28-13-10-25/h1-8,11,16,21H,9-10,12-15H2,(H2,23,24,26)/t21-/m1/s1. The fraction of sp³-hybridized carbons (Fsp3) is 0.318. The number of amides is 2. The van der Waals surface area contributed by atoms with Crippen molar-refractivity contribution in [1.82, 2.24) is 15.5 Å². The average Bonchev–Trinajstić information content (AvgIpc) is 3.28. The maximum absolute atomic E-state index is 12.4. The summed E-state index contributed by atoms with van der Waals surface area (Å²) in [5, 5.41) is 8.40. The number of carbonyl (C=O) groups excluding carboxylic acids is 1. The van der Waals surface area contributed by atoms with Crippen LogP contribution in [0.2, 0.25) is 0 Å². The number of carbonyl (C=O) groups is 1. The molecule has 6 heteroatoms. The van der Waals surface area contributed by atoms with E-state index in [0.29, 0.717) is 13.1 Å². The molecule has 1 fully saturated rings. The molecule has 1 saturated heterocycles. The molecule has 2 aromatic carbocycles. The molecule has 0 spiro atoms. The summed E-state index contributed by atoms with van der Waals surface area (Å²) in [4.78, 5) is 14.9. The average molecular weight is 396 g/mol. The van der Waals surface area contributed by atoms with E-state index >= 15 is 0 Å². The molecule has 0 saturated carbocycles. The van der Waals surface area contributed by atoms with Gasteiger partial charge in [-0.3, -0.25) is 4.90 Å². The lowest BCUT2D eigenvalue weighted by molar-refractivity contribution is 0.205. The number of hydrogen-bond donors (Lipinski definition) is 2. The topological polar surface area (TPSA) is 57.5 Å². The summed E-state index contributed by atoms with van der Waals surface area (Å²) in [6, 6.07) is 16.4. The van der Waals surface area contributed by atoms with Crippen LogP contribution in [0.25, 0.3) is 10.8 Å². The van der Waals surface area contributed by atoms with Crippen LogP contribution in [0.15, 0.2) is 65.5 Å². The van der Waals surface area contributed by atoms with Crippen LogP contribution in [-0.2, 0) is 6.54 Å². The quantitative estimate of drug-likeness (QED) is 0.662. The maximum Gasteiger partial charge on any atom is 0.315 e. The summed E-state index contributed by atoms with van der Waals surface area (Å²) in [5.41, 5.74) is 2.23. The van der Waals surface area contributed by atoms with E-state index in [-0.39, 0.29) is 12.1 Å². The number of furan rings is 1. The second-order valence-corrected chi connectivity index (χ2v) is 8.15. The summed E-state index contributed by atoms with van der Waals surface area (Å²) in [6.45, 7) is 3.12. The predicted molar refractivity (Wildman–Crippen MR) is 115 cm³/mol. The van der Waals surface area contributed by atoms with Crippen LogP contribution in [-0.4, -0.2) is 42.1 Å². The van der Waals surface area contributed by atoms with Crippen molar-refractivity contribution in [3.8, 4) is 0 Å². The molecule has 5 nitrogen and oxygen atoms in total. The van der Waals surface area contributed by atoms with Gasteiger partial charge in [0.05, 0.1) is 18.6 Å². The zero-order valence-corrected chi connectivity index (χ0v) is 16.6. The number of rotatable bonds is 6. The van der Waals surface area contributed by atoms with Gasteiger partial charge < -0.3 is 15.1 Å². The Morgan fingerprint density at radius 1 is 1.07 bits per heavy atom. The summed E-state index contributed by atoms with van der Waals surface area (Å²) < 4.78 is 5.28. The highest BCUT2D eigenvalue weighted by atomic mass is 32.2. The van der Waals surface area contributed by atoms with Crippen molar-refractivity contribution in [2.75, 3.05) is 31.1 Å². The normalized spacial score (nSPS) is 16.0. The molecule has 2 heterocycles. The number of thioether (sulfide) groups is 1. The van der Waals surface area contributed by atoms with Crippen molar-refractivity contribution >= 4 is 28.6 Å². The Bertz CT molecular complexity index is 902. The van der Waals surface area contributed by atoms with Gasteiger partial charge in [0.2, 0.25) is 0 Å². The van der Waals surface area contributed by atoms with Gasteiger partial charge in [0.15, 0.2) is 0 Å². The third-order valence-corrected chi connectivity index (χ3v) is 6.13. The minimum absolute atomic E-state index is 0.142. The number of benzene rings is 2. The number of fused-ring (bicyclic) bond motifs is 1. The van der Waals surface area contributed by atoms with Crippen LogP contribution in [0.4, 0.5) is 4.79 Å². The number of hydrogen-bond acceptors (Lipinski definition) is 4. The van der Waals surface area contributed by atoms with E-state index in [2.05, 4.69) is 39.8 Å². The third-order valence-electron chi connectivity index (χ3n) is 5.19. The molecule has 0 radical (unpaired) electrons. The van der Waals surface area contributed by atoms with E-state index in [1.54, 1.807) is 12.5 Å². The second kappa shape index (κ2) is 9.17. The number of urea groups is 1. The molecule has 146 valence electrons. The van der Waals surface area contributed by atoms with Crippen molar-refractivity contribution < 1.29 is 9.21 Å². The van der Waals surface area contributed by atoms with E-state index < -0.39 is 0 Å². The lowest BCUT2D eigenvalue weighted by Crippen LogP contribution is -2.44. The molecule has 0 aliphatic carbocycles. The molecular weight excluding hydrogens is 370 g/mol. The molecular formula is C22H25N3O2S. The van der Waals surface area contributed by atoms with Crippen LogP contribution in [0.3, 0.4) is 0 Å². The van der Waals surface area contributed by atoms with Gasteiger partial charge in [0, 0.05) is 43.2 Å². The summed E-state index contributed by atoms with van der Waals surface area (Å²) in [7, 11) is 0. The molecule has 1 aliphatic heterocycles. The van der Waals surface area contributed by atoms with Gasteiger partial charge in [0.1, 0.15) is 0 Å². The van der Waals surface area contributed by atoms with Crippen LogP contribution < -0.4 is 10.6 Å². The molecule has 3 aromatic rings. The highest BCUT2D eigenvalue weighted by Crippen LogP contribution is 2.24. The molecule has 28 heavy (non-hydrogen) atoms. The van der Waals surface area contributed by atoms with Gasteiger partial charge >= 0.3 is 6.03 Å². The van der Waals surface area contributed by atoms with E-state index in [1.165, 1.54) is 10.8 Å². The molecule has 1 aromatic heterocycles. The Kier molecular flexibility index (Phi) is 6.19. The summed E-state index contributed by atoms with van der Waals surface area (Å²) in [6.07, 6.45) is 3.48. The van der Waals surface area contributed by atoms with Crippen LogP contribution in [0.1, 0.15) is 17.2 Å². The van der Waals surface area contributed by atoms with Crippen molar-refractivity contribution in [3.05, 3.63) is 72.2 Å². The Morgan fingerprint density at radius 3 is 2.71 bits per heavy atom. The zero-order valence-electron chi connectivity index (χ0n) is 15.8. The Balaban J connectivity index is 1.36. The van der Waals surface area contributed by atoms with Gasteiger partial charge in [-0.1, -0.05) is 42.5 Å². The molecule has 2 N–H and O–H groups in total. The Labute approximate surface area is 169 Å². The molecule has 4 rings (SSSR count). The molecule has 0 bridgehead atoms. The van der Waals surface area contributed by atoms with Gasteiger partial charge in [0.25, 0.3) is 0 Å². The predicted octanol–water partition coefficient (Wildman–Crippen LogP) is 4.02. The summed E-state index contributed by atoms with van der Waals surface area (Å²) >= 11 is 1.98. The van der Waals surface area contributed by atoms with Crippen LogP contribution in [0.5, 0.6) is 0 Å². The lowest BCUT2D eigenvalue weighted by Gasteiger charge is -2.33. The van der Waals surface area contributed by atoms with Gasteiger partial charge in [-0.25, -0.2) is 4.79 Å². The minimum atomic E-state index is -0.146. The van der Waals surface area contributed by atoms with E-state index in [0.717, 1.165) is 35.7 Å². The molecule has 2 amide bonds. The van der Waals surface area contributed by atoms with Crippen molar-refractivity contribution in [1.29, 1.82) is 0 Å². The largest absolute Gasteiger partial charge is 0.472 e. The lowest BCUT2D eigenvalue weighted by atomic mass is 10.0. The zero-order chi connectivity index (χ0) is 19.2. The van der Waals surface area contributed by atoms with Crippen molar-refractivity contribution in [2.45, 2.75) is 12.6 Å². The molecule has 1 atom stereocenters. The van der Waals surface area contributed by atoms with Crippen molar-refractivity contribution in [3.63, 3.8) is 0 Å². The van der Waals surface area contributed by atoms with E-state index in [9.17, 15) is 4.79 Å². The first-order valence-corrected chi connectivity index (χ1v) is 10.8. The third kappa shape index (κ3) is 4.51. The molecule has 0 unspecified atom stereocenters. The smallest absolute Gasteiger partial charge is 0.315 e. The molecule has 1 aliphatic rings. The van der Waals surface area contributed by atoms with Crippen LogP contribution >= 0.6 is 11.8 Å². The first-order chi connectivity index (χ1) is 13.8. The highest BCUT2D eigenvalue weighted by Gasteiger charge is 2.23. The minimum Gasteiger partial charge on any atom is -0.472 e. The maximum atomic E-state index is 12.4. The number of nitrogens with one attached hydrogen (secondary N) is 2. The van der Waals surface area contributed by atoms with E-state index in [4.69, 9.17) is 4.42 Å². The van der Waals surface area contributed by atoms with Gasteiger partial charge in [-0.15, -0.1) is 0 Å². The first-order valence-electron chi connectivity index (χ1n) is 9.63. The summed E-state index contributed by atoms with van der Waals surface area (Å²) in [5.74, 6) is 2.25. The fourth-order valence-electron chi connectivity index (χ4n) is 3.69. The highest BCUT2D eigenvalue weighted by molar-refractivity contribution is 7.99. The van der Waals surface area contributed by atoms with Crippen molar-refractivity contribution in [2.24, 2.45) is 0 Å².